The summed E-state index contributed by atoms with van der Waals surface area (Å²) >= 11 is 0. The molecule has 0 bridgehead atoms. The van der Waals surface area contributed by atoms with E-state index in [-0.39, 0.29) is 16.7 Å². The first-order valence-electron chi connectivity index (χ1n) is 37.3. The van der Waals surface area contributed by atoms with E-state index in [1.165, 1.54) is 150 Å². The van der Waals surface area contributed by atoms with E-state index >= 15 is 0 Å². The summed E-state index contributed by atoms with van der Waals surface area (Å²) in [4.78, 5) is 5.16. The summed E-state index contributed by atoms with van der Waals surface area (Å²) in [5, 5.41) is 10.4. The lowest BCUT2D eigenvalue weighted by Gasteiger charge is -2.30. The van der Waals surface area contributed by atoms with Crippen molar-refractivity contribution in [2.75, 3.05) is 37.0 Å². The Morgan fingerprint density at radius 2 is 0.641 bits per heavy atom. The van der Waals surface area contributed by atoms with Gasteiger partial charge in [0, 0.05) is 88.0 Å². The standard InChI is InChI=1S/C99H90N4/c1-9-102-83-60-58-72-44-26-28-48-75(72)92(83)98(5,66-70-40-20-13-21-41-70)89(102)56-34-54-87-96(3,64-68-36-16-11-17-37-68)94-79-52-32-30-50-77(79)81(62-85(94)100(87)7)91(74-46-24-15-25-47-74)82-63-86-95(80-53-33-31-51-78(80)82)97(4,65-69-38-18-12-19-39-69)88(101(86)8)55-35-57-90-99(6,67-71-42-22-14-23-43-71)93-76-49-29-27-45-73(76)59-61-84(93)103(90)10-2/h11-63,91H,9-10,64-67H2,1-8H3/q+2. The Hall–Kier alpha value is -11.2. The van der Waals surface area contributed by atoms with Crippen molar-refractivity contribution in [3.8, 4) is 0 Å². The molecule has 4 atom stereocenters. The average molecular weight is 1340 g/mol. The highest BCUT2D eigenvalue weighted by molar-refractivity contribution is 6.11. The minimum Gasteiger partial charge on any atom is -0.344 e. The zero-order valence-electron chi connectivity index (χ0n) is 60.7. The van der Waals surface area contributed by atoms with Crippen LogP contribution in [0.25, 0.3) is 43.1 Å². The Morgan fingerprint density at radius 3 is 1.00 bits per heavy atom. The Morgan fingerprint density at radius 1 is 0.330 bits per heavy atom. The first-order valence-corrected chi connectivity index (χ1v) is 37.3. The van der Waals surface area contributed by atoms with E-state index in [1.54, 1.807) is 0 Å². The lowest BCUT2D eigenvalue weighted by molar-refractivity contribution is -0.401. The van der Waals surface area contributed by atoms with Gasteiger partial charge in [-0.2, -0.15) is 9.15 Å². The molecule has 17 rings (SSSR count). The molecular formula is C99H90N4+2. The van der Waals surface area contributed by atoms with Crippen molar-refractivity contribution in [3.63, 3.8) is 0 Å². The largest absolute Gasteiger partial charge is 0.344 e. The van der Waals surface area contributed by atoms with E-state index in [2.05, 4.69) is 396 Å². The smallest absolute Gasteiger partial charge is 0.210 e. The van der Waals surface area contributed by atoms with Gasteiger partial charge in [-0.25, -0.2) is 0 Å². The third kappa shape index (κ3) is 10.7. The van der Waals surface area contributed by atoms with Crippen LogP contribution in [-0.2, 0) is 47.3 Å². The average Bonchev–Trinajstić information content (AvgIpc) is 1.65. The Kier molecular flexibility index (Phi) is 16.4. The van der Waals surface area contributed by atoms with Crippen LogP contribution in [-0.4, -0.2) is 47.8 Å². The van der Waals surface area contributed by atoms with Crippen LogP contribution < -0.4 is 9.80 Å². The van der Waals surface area contributed by atoms with Crippen molar-refractivity contribution in [3.05, 3.63) is 394 Å². The highest BCUT2D eigenvalue weighted by atomic mass is 15.2. The third-order valence-electron chi connectivity index (χ3n) is 24.0. The molecule has 4 nitrogen and oxygen atoms in total. The molecule has 0 amide bonds. The van der Waals surface area contributed by atoms with Crippen molar-refractivity contribution in [2.24, 2.45) is 0 Å². The van der Waals surface area contributed by atoms with Gasteiger partial charge < -0.3 is 9.80 Å². The number of benzene rings is 13. The Labute approximate surface area is 608 Å². The number of rotatable bonds is 17. The van der Waals surface area contributed by atoms with Gasteiger partial charge in [0.15, 0.2) is 11.4 Å². The van der Waals surface area contributed by atoms with Crippen LogP contribution in [0.1, 0.15) is 109 Å². The number of hydrogen-bond donors (Lipinski definition) is 0. The topological polar surface area (TPSA) is 12.5 Å². The van der Waals surface area contributed by atoms with E-state index in [1.807, 2.05) is 0 Å². The van der Waals surface area contributed by atoms with Crippen LogP contribution in [0.2, 0.25) is 0 Å². The van der Waals surface area contributed by atoms with Crippen LogP contribution in [0.5, 0.6) is 0 Å². The summed E-state index contributed by atoms with van der Waals surface area (Å²) in [5.74, 6) is -0.146. The summed E-state index contributed by atoms with van der Waals surface area (Å²) in [6, 6.07) is 107. The fraction of sp³-hybridized carbons (Fsp3) is 0.192. The molecule has 103 heavy (non-hydrogen) atoms. The summed E-state index contributed by atoms with van der Waals surface area (Å²) in [7, 11) is 4.66. The molecule has 0 fully saturated rings. The molecule has 504 valence electrons. The second-order valence-corrected chi connectivity index (χ2v) is 30.2. The number of allylic oxidation sites excluding steroid dienone is 8. The zero-order chi connectivity index (χ0) is 70.2. The fourth-order valence-corrected chi connectivity index (χ4v) is 19.6. The molecule has 0 saturated heterocycles. The first kappa shape index (κ1) is 65.1. The molecule has 0 radical (unpaired) electrons. The number of anilines is 2. The number of hydrogen-bond acceptors (Lipinski definition) is 2. The second kappa shape index (κ2) is 26.0. The van der Waals surface area contributed by atoms with Crippen LogP contribution >= 0.6 is 0 Å². The van der Waals surface area contributed by atoms with Crippen molar-refractivity contribution in [1.29, 1.82) is 0 Å². The van der Waals surface area contributed by atoms with Crippen LogP contribution in [0.4, 0.5) is 22.7 Å². The fourth-order valence-electron chi connectivity index (χ4n) is 19.6. The first-order chi connectivity index (χ1) is 50.3. The molecule has 0 N–H and O–H groups in total. The van der Waals surface area contributed by atoms with Gasteiger partial charge in [-0.15, -0.1) is 0 Å². The second-order valence-electron chi connectivity index (χ2n) is 30.2. The molecule has 0 aliphatic carbocycles. The maximum absolute atomic E-state index is 2.60. The maximum Gasteiger partial charge on any atom is 0.210 e. The van der Waals surface area contributed by atoms with Crippen molar-refractivity contribution >= 4 is 77.3 Å². The van der Waals surface area contributed by atoms with Gasteiger partial charge in [-0.3, -0.25) is 0 Å². The van der Waals surface area contributed by atoms with E-state index in [0.717, 1.165) is 38.8 Å². The molecule has 4 heteroatoms. The Balaban J connectivity index is 0.841. The summed E-state index contributed by atoms with van der Waals surface area (Å²) in [5.41, 5.74) is 23.6. The number of nitrogens with zero attached hydrogens (tertiary/aromatic N) is 4. The molecule has 13 aromatic carbocycles. The van der Waals surface area contributed by atoms with Gasteiger partial charge >= 0.3 is 0 Å². The summed E-state index contributed by atoms with van der Waals surface area (Å²) < 4.78 is 5.09. The van der Waals surface area contributed by atoms with E-state index in [4.69, 9.17) is 0 Å². The van der Waals surface area contributed by atoms with Gasteiger partial charge in [0.25, 0.3) is 0 Å². The SMILES string of the molecule is CCN1/C(=C/C=C/C2=[N+](C)c3cc(C(c4ccccc4)c4cc5c(c6ccccc46)C(C)(Cc4ccccc4)C(/C=C/C=C4/N(CC)c6ccc7ccccc7c6C4(C)Cc4ccccc4)=[N+]5C)c4ccccc4c3C2(C)Cc2ccccc2)C(C)(Cc2ccccc2)c2c1ccc1ccccc21. The number of likely N-dealkylation sites (N-methyl/N-ethyl adjacent to an activating group) is 2. The van der Waals surface area contributed by atoms with Crippen LogP contribution in [0.3, 0.4) is 0 Å². The third-order valence-corrected chi connectivity index (χ3v) is 24.0. The minimum atomic E-state index is -0.416. The zero-order valence-corrected chi connectivity index (χ0v) is 60.7. The van der Waals surface area contributed by atoms with Gasteiger partial charge in [-0.1, -0.05) is 273 Å². The van der Waals surface area contributed by atoms with Crippen molar-refractivity contribution in [2.45, 2.75) is 94.8 Å². The van der Waals surface area contributed by atoms with E-state index in [9.17, 15) is 0 Å². The molecule has 0 aromatic heterocycles. The maximum atomic E-state index is 2.60. The molecule has 13 aromatic rings. The summed E-state index contributed by atoms with van der Waals surface area (Å²) in [6.07, 6.45) is 18.1. The van der Waals surface area contributed by atoms with Crippen LogP contribution in [0, 0.1) is 0 Å². The van der Waals surface area contributed by atoms with Gasteiger partial charge in [0.05, 0.1) is 10.8 Å². The predicted octanol–water partition coefficient (Wildman–Crippen LogP) is 22.9. The van der Waals surface area contributed by atoms with Crippen molar-refractivity contribution in [1.82, 2.24) is 0 Å². The lowest BCUT2D eigenvalue weighted by Crippen LogP contribution is -2.33. The highest BCUT2D eigenvalue weighted by Crippen LogP contribution is 2.57. The van der Waals surface area contributed by atoms with Gasteiger partial charge in [-0.05, 0) is 185 Å². The normalized spacial score (nSPS) is 21.0. The van der Waals surface area contributed by atoms with E-state index < -0.39 is 10.8 Å². The molecule has 4 unspecified atom stereocenters. The number of fused-ring (bicyclic) bond motifs is 12. The monoisotopic (exact) mass is 1330 g/mol. The van der Waals surface area contributed by atoms with Crippen molar-refractivity contribution < 1.29 is 9.15 Å². The lowest BCUT2D eigenvalue weighted by atomic mass is 9.70. The Bertz CT molecular complexity index is 5350. The van der Waals surface area contributed by atoms with Crippen LogP contribution in [0.15, 0.2) is 333 Å². The van der Waals surface area contributed by atoms with Gasteiger partial charge in [0.1, 0.15) is 14.1 Å². The summed E-state index contributed by atoms with van der Waals surface area (Å²) in [6.45, 7) is 16.3. The predicted molar refractivity (Wildman–Crippen MR) is 435 cm³/mol. The molecular weight excluding hydrogens is 1250 g/mol. The van der Waals surface area contributed by atoms with E-state index in [0.29, 0.717) is 0 Å². The quantitative estimate of drug-likeness (QED) is 0.0665. The molecule has 0 saturated carbocycles. The highest BCUT2D eigenvalue weighted by Gasteiger charge is 2.52. The molecule has 4 aliphatic heterocycles. The molecule has 4 heterocycles. The molecule has 0 spiro atoms. The molecule has 4 aliphatic rings. The minimum absolute atomic E-state index is 0.146. The van der Waals surface area contributed by atoms with Gasteiger partial charge in [0.2, 0.25) is 11.4 Å².